The smallest absolute Gasteiger partial charge is 0.270 e. The number of nitrogens with zero attached hydrogens (tertiary/aromatic N) is 2. The van der Waals surface area contributed by atoms with Gasteiger partial charge in [0.25, 0.3) is 5.91 Å². The Bertz CT molecular complexity index is 619. The minimum atomic E-state index is -0.409. The maximum Gasteiger partial charge on any atom is 0.270 e. The van der Waals surface area contributed by atoms with Crippen molar-refractivity contribution in [2.45, 2.75) is 13.0 Å². The number of aryl methyl sites for hydroxylation is 1. The first kappa shape index (κ1) is 14.8. The van der Waals surface area contributed by atoms with Gasteiger partial charge in [0, 0.05) is 32.8 Å². The van der Waals surface area contributed by atoms with Crippen molar-refractivity contribution in [3.05, 3.63) is 59.9 Å². The lowest BCUT2D eigenvalue weighted by atomic mass is 10.2. The van der Waals surface area contributed by atoms with Crippen molar-refractivity contribution in [2.24, 2.45) is 12.8 Å². The fourth-order valence-electron chi connectivity index (χ4n) is 2.15. The lowest BCUT2D eigenvalue weighted by Crippen LogP contribution is -2.34. The Labute approximate surface area is 124 Å². The topological polar surface area (TPSA) is 68.3 Å². The van der Waals surface area contributed by atoms with Crippen molar-refractivity contribution < 1.29 is 9.59 Å². The van der Waals surface area contributed by atoms with Crippen molar-refractivity contribution in [2.75, 3.05) is 6.54 Å². The quantitative estimate of drug-likeness (QED) is 0.874. The highest BCUT2D eigenvalue weighted by Gasteiger charge is 2.18. The number of primary amides is 1. The van der Waals surface area contributed by atoms with Gasteiger partial charge in [-0.3, -0.25) is 9.59 Å². The summed E-state index contributed by atoms with van der Waals surface area (Å²) in [4.78, 5) is 25.3. The number of carbonyl (C=O) groups is 2. The number of benzene rings is 1. The average molecular weight is 285 g/mol. The van der Waals surface area contributed by atoms with Crippen LogP contribution in [0.5, 0.6) is 0 Å². The van der Waals surface area contributed by atoms with Crippen molar-refractivity contribution in [3.8, 4) is 0 Å². The standard InChI is InChI=1S/C16H19N3O2/c1-18-10-5-8-14(18)16(21)19(11-9-15(17)20)12-13-6-3-2-4-7-13/h2-8,10H,9,11-12H2,1H3,(H2,17,20). The van der Waals surface area contributed by atoms with Crippen LogP contribution in [0.25, 0.3) is 0 Å². The monoisotopic (exact) mass is 285 g/mol. The first-order chi connectivity index (χ1) is 10.1. The Kier molecular flexibility index (Phi) is 4.77. The summed E-state index contributed by atoms with van der Waals surface area (Å²) in [6.45, 7) is 0.770. The van der Waals surface area contributed by atoms with Gasteiger partial charge in [-0.2, -0.15) is 0 Å². The number of aromatic nitrogens is 1. The van der Waals surface area contributed by atoms with E-state index in [1.165, 1.54) is 0 Å². The molecule has 1 aromatic carbocycles. The van der Waals surface area contributed by atoms with E-state index in [-0.39, 0.29) is 12.3 Å². The Balaban J connectivity index is 2.17. The number of nitrogens with two attached hydrogens (primary N) is 1. The first-order valence-electron chi connectivity index (χ1n) is 6.81. The van der Waals surface area contributed by atoms with Gasteiger partial charge in [-0.1, -0.05) is 30.3 Å². The molecular weight excluding hydrogens is 266 g/mol. The average Bonchev–Trinajstić information content (AvgIpc) is 2.90. The van der Waals surface area contributed by atoms with Gasteiger partial charge < -0.3 is 15.2 Å². The van der Waals surface area contributed by atoms with Gasteiger partial charge in [-0.25, -0.2) is 0 Å². The molecule has 5 nitrogen and oxygen atoms in total. The molecule has 0 spiro atoms. The van der Waals surface area contributed by atoms with Crippen molar-refractivity contribution >= 4 is 11.8 Å². The van der Waals surface area contributed by atoms with E-state index in [9.17, 15) is 9.59 Å². The lowest BCUT2D eigenvalue weighted by molar-refractivity contribution is -0.118. The van der Waals surface area contributed by atoms with Gasteiger partial charge in [0.15, 0.2) is 0 Å². The Morgan fingerprint density at radius 1 is 1.14 bits per heavy atom. The van der Waals surface area contributed by atoms with Crippen LogP contribution in [0, 0.1) is 0 Å². The Morgan fingerprint density at radius 2 is 1.86 bits per heavy atom. The second kappa shape index (κ2) is 6.74. The number of amides is 2. The van der Waals surface area contributed by atoms with Gasteiger partial charge in [-0.05, 0) is 17.7 Å². The molecule has 1 heterocycles. The maximum atomic E-state index is 12.6. The second-order valence-corrected chi connectivity index (χ2v) is 4.93. The largest absolute Gasteiger partial charge is 0.370 e. The number of rotatable bonds is 6. The van der Waals surface area contributed by atoms with Crippen LogP contribution in [0.2, 0.25) is 0 Å². The Hall–Kier alpha value is -2.56. The summed E-state index contributed by atoms with van der Waals surface area (Å²) >= 11 is 0. The summed E-state index contributed by atoms with van der Waals surface area (Å²) in [7, 11) is 1.82. The van der Waals surface area contributed by atoms with Crippen LogP contribution in [0.4, 0.5) is 0 Å². The maximum absolute atomic E-state index is 12.6. The van der Waals surface area contributed by atoms with Crippen molar-refractivity contribution in [3.63, 3.8) is 0 Å². The minimum Gasteiger partial charge on any atom is -0.370 e. The van der Waals surface area contributed by atoms with Gasteiger partial charge >= 0.3 is 0 Å². The summed E-state index contributed by atoms with van der Waals surface area (Å²) in [5.41, 5.74) is 6.81. The summed E-state index contributed by atoms with van der Waals surface area (Å²) in [5, 5.41) is 0. The van der Waals surface area contributed by atoms with Gasteiger partial charge in [-0.15, -0.1) is 0 Å². The highest BCUT2D eigenvalue weighted by Crippen LogP contribution is 2.11. The highest BCUT2D eigenvalue weighted by atomic mass is 16.2. The van der Waals surface area contributed by atoms with E-state index in [0.29, 0.717) is 18.8 Å². The van der Waals surface area contributed by atoms with Crippen molar-refractivity contribution in [1.29, 1.82) is 0 Å². The minimum absolute atomic E-state index is 0.104. The van der Waals surface area contributed by atoms with E-state index in [4.69, 9.17) is 5.73 Å². The molecule has 1 aromatic heterocycles. The van der Waals surface area contributed by atoms with E-state index in [0.717, 1.165) is 5.56 Å². The van der Waals surface area contributed by atoms with Crippen molar-refractivity contribution in [1.82, 2.24) is 9.47 Å². The molecule has 0 saturated carbocycles. The molecule has 0 bridgehead atoms. The molecule has 2 aromatic rings. The molecule has 0 aliphatic carbocycles. The molecule has 2 rings (SSSR count). The summed E-state index contributed by atoms with van der Waals surface area (Å²) in [6.07, 6.45) is 1.98. The fraction of sp³-hybridized carbons (Fsp3) is 0.250. The zero-order valence-electron chi connectivity index (χ0n) is 12.0. The van der Waals surface area contributed by atoms with E-state index < -0.39 is 5.91 Å². The molecule has 0 atom stereocenters. The van der Waals surface area contributed by atoms with E-state index >= 15 is 0 Å². The molecule has 0 unspecified atom stereocenters. The molecule has 0 radical (unpaired) electrons. The molecule has 0 saturated heterocycles. The van der Waals surface area contributed by atoms with Crippen LogP contribution in [0.15, 0.2) is 48.7 Å². The third-order valence-electron chi connectivity index (χ3n) is 3.29. The zero-order valence-corrected chi connectivity index (χ0v) is 12.0. The number of hydrogen-bond acceptors (Lipinski definition) is 2. The van der Waals surface area contributed by atoms with Crippen LogP contribution in [-0.4, -0.2) is 27.8 Å². The summed E-state index contributed by atoms with van der Waals surface area (Å²) in [6, 6.07) is 13.3. The second-order valence-electron chi connectivity index (χ2n) is 4.93. The van der Waals surface area contributed by atoms with Gasteiger partial charge in [0.05, 0.1) is 0 Å². The number of carbonyl (C=O) groups excluding carboxylic acids is 2. The predicted octanol–water partition coefficient (Wildman–Crippen LogP) is 1.54. The molecule has 110 valence electrons. The SMILES string of the molecule is Cn1cccc1C(=O)N(CCC(N)=O)Cc1ccccc1. The van der Waals surface area contributed by atoms with E-state index in [1.54, 1.807) is 15.5 Å². The highest BCUT2D eigenvalue weighted by molar-refractivity contribution is 5.93. The van der Waals surface area contributed by atoms with Crippen LogP contribution in [-0.2, 0) is 18.4 Å². The number of hydrogen-bond donors (Lipinski definition) is 1. The predicted molar refractivity (Wildman–Crippen MR) is 80.4 cm³/mol. The third kappa shape index (κ3) is 3.95. The molecule has 5 heteroatoms. The lowest BCUT2D eigenvalue weighted by Gasteiger charge is -2.22. The molecular formula is C16H19N3O2. The van der Waals surface area contributed by atoms with Gasteiger partial charge in [0.2, 0.25) is 5.91 Å². The van der Waals surface area contributed by atoms with E-state index in [2.05, 4.69) is 0 Å². The zero-order chi connectivity index (χ0) is 15.2. The third-order valence-corrected chi connectivity index (χ3v) is 3.29. The van der Waals surface area contributed by atoms with Gasteiger partial charge in [0.1, 0.15) is 5.69 Å². The Morgan fingerprint density at radius 3 is 2.43 bits per heavy atom. The van der Waals surface area contributed by atoms with Crippen LogP contribution in [0.1, 0.15) is 22.5 Å². The van der Waals surface area contributed by atoms with E-state index in [1.807, 2.05) is 49.6 Å². The fourth-order valence-corrected chi connectivity index (χ4v) is 2.15. The molecule has 2 N–H and O–H groups in total. The molecule has 21 heavy (non-hydrogen) atoms. The van der Waals surface area contributed by atoms with Crippen LogP contribution < -0.4 is 5.73 Å². The first-order valence-corrected chi connectivity index (χ1v) is 6.81. The summed E-state index contributed by atoms with van der Waals surface area (Å²) in [5.74, 6) is -0.514. The molecule has 0 aliphatic heterocycles. The normalized spacial score (nSPS) is 10.3. The van der Waals surface area contributed by atoms with Crippen LogP contribution >= 0.6 is 0 Å². The molecule has 0 fully saturated rings. The molecule has 0 aliphatic rings. The molecule has 2 amide bonds. The van der Waals surface area contributed by atoms with Crippen LogP contribution in [0.3, 0.4) is 0 Å². The summed E-state index contributed by atoms with van der Waals surface area (Å²) < 4.78 is 1.77.